The van der Waals surface area contributed by atoms with Gasteiger partial charge in [0.15, 0.2) is 5.22 Å². The molecule has 1 heterocycles. The van der Waals surface area contributed by atoms with Gasteiger partial charge in [-0.05, 0) is 23.7 Å². The lowest BCUT2D eigenvalue weighted by atomic mass is 10.1. The van der Waals surface area contributed by atoms with E-state index in [-0.39, 0.29) is 24.4 Å². The van der Waals surface area contributed by atoms with Crippen molar-refractivity contribution in [2.24, 2.45) is 0 Å². The average molecular weight is 177 g/mol. The fourth-order valence-electron chi connectivity index (χ4n) is 0.785. The summed E-state index contributed by atoms with van der Waals surface area (Å²) in [5.41, 5.74) is 0. The molecule has 0 saturated heterocycles. The summed E-state index contributed by atoms with van der Waals surface area (Å²) in [4.78, 5) is 0. The molecule has 0 aliphatic heterocycles. The topological polar surface area (TPSA) is 53.6 Å². The normalized spacial score (nSPS) is 10.9. The third kappa shape index (κ3) is 1.96. The number of rotatable bonds is 3. The van der Waals surface area contributed by atoms with Gasteiger partial charge < -0.3 is 14.6 Å². The van der Waals surface area contributed by atoms with Gasteiger partial charge in [-0.25, -0.2) is 0 Å². The maximum absolute atomic E-state index is 8.73. The summed E-state index contributed by atoms with van der Waals surface area (Å²) >= 11 is 5.49. The maximum atomic E-state index is 8.73. The van der Waals surface area contributed by atoms with Crippen molar-refractivity contribution < 1.29 is 14.6 Å². The highest BCUT2D eigenvalue weighted by molar-refractivity contribution is 6.28. The third-order valence-electron chi connectivity index (χ3n) is 1.44. The van der Waals surface area contributed by atoms with E-state index in [0.717, 1.165) is 0 Å². The molecule has 0 aliphatic rings. The summed E-state index contributed by atoms with van der Waals surface area (Å²) in [6.45, 7) is -0.277. The van der Waals surface area contributed by atoms with Crippen LogP contribution in [0.25, 0.3) is 0 Å². The maximum Gasteiger partial charge on any atom is 0.193 e. The van der Waals surface area contributed by atoms with E-state index in [1.807, 2.05) is 0 Å². The Morgan fingerprint density at radius 3 is 2.36 bits per heavy atom. The van der Waals surface area contributed by atoms with Gasteiger partial charge in [-0.15, -0.1) is 0 Å². The summed E-state index contributed by atoms with van der Waals surface area (Å²) in [6.07, 6.45) is 0. The lowest BCUT2D eigenvalue weighted by molar-refractivity contribution is 0.178. The number of hydrogen-bond acceptors (Lipinski definition) is 3. The molecular weight excluding hydrogens is 168 g/mol. The first-order valence-electron chi connectivity index (χ1n) is 3.25. The van der Waals surface area contributed by atoms with Crippen LogP contribution in [0.1, 0.15) is 11.7 Å². The first kappa shape index (κ1) is 8.59. The predicted octanol–water partition coefficient (Wildman–Crippen LogP) is 1.00. The highest BCUT2D eigenvalue weighted by Gasteiger charge is 2.12. The van der Waals surface area contributed by atoms with Crippen LogP contribution in [0.5, 0.6) is 0 Å². The van der Waals surface area contributed by atoms with Crippen LogP contribution in [0.3, 0.4) is 0 Å². The molecule has 0 aromatic carbocycles. The summed E-state index contributed by atoms with van der Waals surface area (Å²) in [5.74, 6) is 0.155. The molecule has 3 nitrogen and oxygen atoms in total. The van der Waals surface area contributed by atoms with Crippen molar-refractivity contribution in [3.8, 4) is 0 Å². The first-order valence-corrected chi connectivity index (χ1v) is 3.62. The van der Waals surface area contributed by atoms with Crippen LogP contribution in [0.4, 0.5) is 0 Å². The number of furan rings is 1. The molecular formula is C7H9ClO3. The number of hydrogen-bond donors (Lipinski definition) is 2. The molecule has 0 aliphatic carbocycles. The van der Waals surface area contributed by atoms with Crippen molar-refractivity contribution in [2.75, 3.05) is 13.2 Å². The van der Waals surface area contributed by atoms with Crippen molar-refractivity contribution in [2.45, 2.75) is 5.92 Å². The fourth-order valence-corrected chi connectivity index (χ4v) is 0.937. The molecule has 4 heteroatoms. The Balaban J connectivity index is 2.73. The van der Waals surface area contributed by atoms with Gasteiger partial charge >= 0.3 is 0 Å². The molecule has 0 spiro atoms. The van der Waals surface area contributed by atoms with E-state index in [0.29, 0.717) is 5.76 Å². The van der Waals surface area contributed by atoms with Crippen molar-refractivity contribution in [1.29, 1.82) is 0 Å². The minimum Gasteiger partial charge on any atom is -0.449 e. The Bertz CT molecular complexity index is 217. The Labute approximate surface area is 69.2 Å². The van der Waals surface area contributed by atoms with E-state index in [4.69, 9.17) is 26.2 Å². The molecule has 0 fully saturated rings. The zero-order chi connectivity index (χ0) is 8.27. The second-order valence-electron chi connectivity index (χ2n) is 2.20. The van der Waals surface area contributed by atoms with E-state index >= 15 is 0 Å². The van der Waals surface area contributed by atoms with E-state index in [1.165, 1.54) is 0 Å². The molecule has 11 heavy (non-hydrogen) atoms. The summed E-state index contributed by atoms with van der Waals surface area (Å²) in [7, 11) is 0. The van der Waals surface area contributed by atoms with E-state index in [9.17, 15) is 0 Å². The summed E-state index contributed by atoms with van der Waals surface area (Å²) < 4.78 is 4.97. The Hall–Kier alpha value is -0.510. The van der Waals surface area contributed by atoms with E-state index in [1.54, 1.807) is 12.1 Å². The van der Waals surface area contributed by atoms with Gasteiger partial charge in [0, 0.05) is 0 Å². The smallest absolute Gasteiger partial charge is 0.193 e. The standard InChI is InChI=1S/C7H9ClO3/c8-7-2-1-6(11-7)5(3-9)4-10/h1-2,5,9-10H,3-4H2. The highest BCUT2D eigenvalue weighted by atomic mass is 35.5. The minimum absolute atomic E-state index is 0.139. The largest absolute Gasteiger partial charge is 0.449 e. The zero-order valence-electron chi connectivity index (χ0n) is 5.83. The average Bonchev–Trinajstić information content (AvgIpc) is 2.39. The number of aliphatic hydroxyl groups is 2. The van der Waals surface area contributed by atoms with E-state index < -0.39 is 0 Å². The zero-order valence-corrected chi connectivity index (χ0v) is 6.58. The van der Waals surface area contributed by atoms with E-state index in [2.05, 4.69) is 0 Å². The van der Waals surface area contributed by atoms with Crippen molar-refractivity contribution in [3.63, 3.8) is 0 Å². The molecule has 2 N–H and O–H groups in total. The molecule has 62 valence electrons. The lowest BCUT2D eigenvalue weighted by Crippen LogP contribution is -2.07. The Morgan fingerprint density at radius 2 is 2.00 bits per heavy atom. The van der Waals surface area contributed by atoms with Crippen LogP contribution in [-0.4, -0.2) is 23.4 Å². The van der Waals surface area contributed by atoms with Gasteiger partial charge in [0.05, 0.1) is 19.1 Å². The van der Waals surface area contributed by atoms with Crippen molar-refractivity contribution >= 4 is 11.6 Å². The second kappa shape index (κ2) is 3.76. The molecule has 0 radical (unpaired) electrons. The molecule has 0 amide bonds. The van der Waals surface area contributed by atoms with Gasteiger partial charge in [-0.3, -0.25) is 0 Å². The molecule has 1 aromatic heterocycles. The first-order chi connectivity index (χ1) is 5.27. The summed E-state index contributed by atoms with van der Waals surface area (Å²) in [6, 6.07) is 3.22. The lowest BCUT2D eigenvalue weighted by Gasteiger charge is -2.05. The molecule has 1 rings (SSSR count). The Morgan fingerprint density at radius 1 is 1.36 bits per heavy atom. The van der Waals surface area contributed by atoms with Crippen molar-refractivity contribution in [3.05, 3.63) is 23.1 Å². The Kier molecular flexibility index (Phi) is 2.93. The van der Waals surface area contributed by atoms with Crippen LogP contribution < -0.4 is 0 Å². The molecule has 1 aromatic rings. The molecule has 0 bridgehead atoms. The molecule has 0 saturated carbocycles. The van der Waals surface area contributed by atoms with Crippen LogP contribution in [0.2, 0.25) is 5.22 Å². The van der Waals surface area contributed by atoms with Crippen molar-refractivity contribution in [1.82, 2.24) is 0 Å². The van der Waals surface area contributed by atoms with Crippen LogP contribution in [0, 0.1) is 0 Å². The minimum atomic E-state index is -0.359. The third-order valence-corrected chi connectivity index (χ3v) is 1.64. The number of halogens is 1. The predicted molar refractivity (Wildman–Crippen MR) is 40.6 cm³/mol. The highest BCUT2D eigenvalue weighted by Crippen LogP contribution is 2.20. The summed E-state index contributed by atoms with van der Waals surface area (Å²) in [5, 5.41) is 17.7. The SMILES string of the molecule is OCC(CO)c1ccc(Cl)o1. The van der Waals surface area contributed by atoms with Gasteiger partial charge in [0.1, 0.15) is 5.76 Å². The van der Waals surface area contributed by atoms with Gasteiger partial charge in [-0.2, -0.15) is 0 Å². The van der Waals surface area contributed by atoms with Gasteiger partial charge in [0.2, 0.25) is 0 Å². The second-order valence-corrected chi connectivity index (χ2v) is 2.58. The van der Waals surface area contributed by atoms with Gasteiger partial charge in [-0.1, -0.05) is 0 Å². The fraction of sp³-hybridized carbons (Fsp3) is 0.429. The van der Waals surface area contributed by atoms with Crippen LogP contribution in [-0.2, 0) is 0 Å². The number of aliphatic hydroxyl groups excluding tert-OH is 2. The molecule has 0 atom stereocenters. The quantitative estimate of drug-likeness (QED) is 0.723. The van der Waals surface area contributed by atoms with Gasteiger partial charge in [0.25, 0.3) is 0 Å². The van der Waals surface area contributed by atoms with Crippen LogP contribution >= 0.6 is 11.6 Å². The van der Waals surface area contributed by atoms with Crippen LogP contribution in [0.15, 0.2) is 16.5 Å². The monoisotopic (exact) mass is 176 g/mol. The molecule has 0 unspecified atom stereocenters.